The summed E-state index contributed by atoms with van der Waals surface area (Å²) in [6.45, 7) is 7.05. The quantitative estimate of drug-likeness (QED) is 0.770. The van der Waals surface area contributed by atoms with Gasteiger partial charge in [0.05, 0.1) is 6.61 Å². The summed E-state index contributed by atoms with van der Waals surface area (Å²) in [6, 6.07) is 18.3. The van der Waals surface area contributed by atoms with Crippen molar-refractivity contribution in [2.75, 3.05) is 31.1 Å². The first kappa shape index (κ1) is 18.0. The highest BCUT2D eigenvalue weighted by molar-refractivity contribution is 5.77. The molecule has 1 amide bonds. The zero-order valence-corrected chi connectivity index (χ0v) is 14.5. The molecule has 0 fully saturated rings. The van der Waals surface area contributed by atoms with Crippen molar-refractivity contribution in [3.63, 3.8) is 0 Å². The van der Waals surface area contributed by atoms with Gasteiger partial charge in [-0.1, -0.05) is 42.5 Å². The van der Waals surface area contributed by atoms with Crippen LogP contribution in [0.25, 0.3) is 0 Å². The molecule has 2 aromatic carbocycles. The van der Waals surface area contributed by atoms with E-state index in [0.717, 1.165) is 18.7 Å². The number of carbonyl (C=O) groups is 1. The normalized spacial score (nSPS) is 10.4. The van der Waals surface area contributed by atoms with Gasteiger partial charge >= 0.3 is 0 Å². The second kappa shape index (κ2) is 9.73. The Balaban J connectivity index is 1.67. The Morgan fingerprint density at radius 1 is 1.12 bits per heavy atom. The van der Waals surface area contributed by atoms with E-state index >= 15 is 0 Å². The lowest BCUT2D eigenvalue weighted by molar-refractivity contribution is -0.126. The molecule has 0 saturated carbocycles. The molecule has 0 bridgehead atoms. The number of nitrogens with zero attached hydrogens (tertiary/aromatic N) is 1. The smallest absolute Gasteiger partial charge is 0.246 e. The SMILES string of the molecule is CCN(CCNC(=O)COCc1ccccc1)c1cccc(C)c1. The number of ether oxygens (including phenoxy) is 1. The van der Waals surface area contributed by atoms with E-state index in [-0.39, 0.29) is 12.5 Å². The van der Waals surface area contributed by atoms with Crippen LogP contribution in [0.3, 0.4) is 0 Å². The molecule has 2 rings (SSSR count). The summed E-state index contributed by atoms with van der Waals surface area (Å²) in [5.41, 5.74) is 3.50. The van der Waals surface area contributed by atoms with Gasteiger partial charge in [0.2, 0.25) is 5.91 Å². The van der Waals surface area contributed by atoms with Crippen molar-refractivity contribution < 1.29 is 9.53 Å². The largest absolute Gasteiger partial charge is 0.370 e. The first-order valence-corrected chi connectivity index (χ1v) is 8.39. The monoisotopic (exact) mass is 326 g/mol. The summed E-state index contributed by atoms with van der Waals surface area (Å²) >= 11 is 0. The summed E-state index contributed by atoms with van der Waals surface area (Å²) in [6.07, 6.45) is 0. The van der Waals surface area contributed by atoms with Crippen LogP contribution < -0.4 is 10.2 Å². The predicted molar refractivity (Wildman–Crippen MR) is 98.2 cm³/mol. The van der Waals surface area contributed by atoms with Gasteiger partial charge in [0.15, 0.2) is 0 Å². The number of rotatable bonds is 9. The third-order valence-corrected chi connectivity index (χ3v) is 3.80. The maximum atomic E-state index is 11.8. The average Bonchev–Trinajstić information content (AvgIpc) is 2.60. The number of hydrogen-bond acceptors (Lipinski definition) is 3. The molecule has 4 heteroatoms. The molecular formula is C20H26N2O2. The standard InChI is InChI=1S/C20H26N2O2/c1-3-22(19-11-7-8-17(2)14-19)13-12-21-20(23)16-24-15-18-9-5-4-6-10-18/h4-11,14H,3,12-13,15-16H2,1-2H3,(H,21,23). The Kier molecular flexibility index (Phi) is 7.30. The van der Waals surface area contributed by atoms with Crippen molar-refractivity contribution in [2.45, 2.75) is 20.5 Å². The van der Waals surface area contributed by atoms with Crippen LogP contribution in [0, 0.1) is 6.92 Å². The molecule has 0 aliphatic carbocycles. The number of anilines is 1. The highest BCUT2D eigenvalue weighted by atomic mass is 16.5. The van der Waals surface area contributed by atoms with Crippen molar-refractivity contribution in [1.29, 1.82) is 0 Å². The summed E-state index contributed by atoms with van der Waals surface area (Å²) < 4.78 is 5.44. The molecule has 24 heavy (non-hydrogen) atoms. The van der Waals surface area contributed by atoms with Gasteiger partial charge in [-0.15, -0.1) is 0 Å². The second-order valence-corrected chi connectivity index (χ2v) is 5.75. The van der Waals surface area contributed by atoms with Crippen LogP contribution in [-0.2, 0) is 16.1 Å². The van der Waals surface area contributed by atoms with Gasteiger partial charge in [-0.3, -0.25) is 4.79 Å². The number of benzene rings is 2. The molecule has 0 saturated heterocycles. The van der Waals surface area contributed by atoms with E-state index < -0.39 is 0 Å². The zero-order chi connectivity index (χ0) is 17.2. The highest BCUT2D eigenvalue weighted by Gasteiger charge is 2.06. The first-order valence-electron chi connectivity index (χ1n) is 8.39. The molecule has 0 aliphatic rings. The Hall–Kier alpha value is -2.33. The summed E-state index contributed by atoms with van der Waals surface area (Å²) in [4.78, 5) is 14.1. The molecule has 0 heterocycles. The van der Waals surface area contributed by atoms with E-state index in [9.17, 15) is 4.79 Å². The minimum atomic E-state index is -0.0776. The first-order chi connectivity index (χ1) is 11.7. The molecule has 0 atom stereocenters. The van der Waals surface area contributed by atoms with E-state index in [4.69, 9.17) is 4.74 Å². The third kappa shape index (κ3) is 6.05. The molecule has 0 aliphatic heterocycles. The van der Waals surface area contributed by atoms with Crippen LogP contribution in [0.5, 0.6) is 0 Å². The number of hydrogen-bond donors (Lipinski definition) is 1. The lowest BCUT2D eigenvalue weighted by Crippen LogP contribution is -2.36. The van der Waals surface area contributed by atoms with Crippen molar-refractivity contribution in [3.8, 4) is 0 Å². The van der Waals surface area contributed by atoms with Crippen molar-refractivity contribution >= 4 is 11.6 Å². The van der Waals surface area contributed by atoms with Crippen molar-refractivity contribution in [2.24, 2.45) is 0 Å². The maximum absolute atomic E-state index is 11.8. The summed E-state index contributed by atoms with van der Waals surface area (Å²) in [7, 11) is 0. The molecule has 0 unspecified atom stereocenters. The Morgan fingerprint density at radius 3 is 2.62 bits per heavy atom. The van der Waals surface area contributed by atoms with E-state index in [1.807, 2.05) is 30.3 Å². The second-order valence-electron chi connectivity index (χ2n) is 5.75. The molecule has 0 radical (unpaired) electrons. The van der Waals surface area contributed by atoms with Crippen LogP contribution >= 0.6 is 0 Å². The molecule has 2 aromatic rings. The van der Waals surface area contributed by atoms with Gasteiger partial charge in [0.1, 0.15) is 6.61 Å². The van der Waals surface area contributed by atoms with Crippen molar-refractivity contribution in [3.05, 3.63) is 65.7 Å². The highest BCUT2D eigenvalue weighted by Crippen LogP contribution is 2.14. The Bertz CT molecular complexity index is 629. The van der Waals surface area contributed by atoms with Gasteiger partial charge in [0, 0.05) is 25.3 Å². The number of aryl methyl sites for hydroxylation is 1. The minimum Gasteiger partial charge on any atom is -0.370 e. The topological polar surface area (TPSA) is 41.6 Å². The molecular weight excluding hydrogens is 300 g/mol. The van der Waals surface area contributed by atoms with Gasteiger partial charge in [-0.05, 0) is 37.1 Å². The third-order valence-electron chi connectivity index (χ3n) is 3.80. The molecule has 0 aromatic heterocycles. The van der Waals surface area contributed by atoms with Crippen LogP contribution in [0.1, 0.15) is 18.1 Å². The Morgan fingerprint density at radius 2 is 1.92 bits per heavy atom. The molecule has 0 spiro atoms. The average molecular weight is 326 g/mol. The fourth-order valence-corrected chi connectivity index (χ4v) is 2.51. The number of carbonyl (C=O) groups excluding carboxylic acids is 1. The van der Waals surface area contributed by atoms with E-state index in [0.29, 0.717) is 13.2 Å². The maximum Gasteiger partial charge on any atom is 0.246 e. The van der Waals surface area contributed by atoms with Gasteiger partial charge < -0.3 is 15.0 Å². The molecule has 4 nitrogen and oxygen atoms in total. The molecule has 128 valence electrons. The number of nitrogens with one attached hydrogen (secondary N) is 1. The number of amides is 1. The number of likely N-dealkylation sites (N-methyl/N-ethyl adjacent to an activating group) is 1. The molecule has 1 N–H and O–H groups in total. The van der Waals surface area contributed by atoms with Crippen molar-refractivity contribution in [1.82, 2.24) is 5.32 Å². The lowest BCUT2D eigenvalue weighted by atomic mass is 10.2. The lowest BCUT2D eigenvalue weighted by Gasteiger charge is -2.23. The van der Waals surface area contributed by atoms with E-state index in [1.165, 1.54) is 11.3 Å². The Labute approximate surface area is 144 Å². The van der Waals surface area contributed by atoms with Crippen LogP contribution in [-0.4, -0.2) is 32.1 Å². The van der Waals surface area contributed by atoms with Gasteiger partial charge in [0.25, 0.3) is 0 Å². The van der Waals surface area contributed by atoms with Crippen LogP contribution in [0.15, 0.2) is 54.6 Å². The van der Waals surface area contributed by atoms with Crippen LogP contribution in [0.4, 0.5) is 5.69 Å². The minimum absolute atomic E-state index is 0.0776. The van der Waals surface area contributed by atoms with Gasteiger partial charge in [-0.25, -0.2) is 0 Å². The van der Waals surface area contributed by atoms with E-state index in [1.54, 1.807) is 0 Å². The summed E-state index contributed by atoms with van der Waals surface area (Å²) in [5, 5.41) is 2.91. The predicted octanol–water partition coefficient (Wildman–Crippen LogP) is 3.15. The van der Waals surface area contributed by atoms with Crippen LogP contribution in [0.2, 0.25) is 0 Å². The fourth-order valence-electron chi connectivity index (χ4n) is 2.51. The zero-order valence-electron chi connectivity index (χ0n) is 14.5. The fraction of sp³-hybridized carbons (Fsp3) is 0.350. The summed E-state index contributed by atoms with van der Waals surface area (Å²) in [5.74, 6) is -0.0776. The van der Waals surface area contributed by atoms with E-state index in [2.05, 4.69) is 48.3 Å². The van der Waals surface area contributed by atoms with Gasteiger partial charge in [-0.2, -0.15) is 0 Å².